The molecule has 1 N–H and O–H groups in total. The molecule has 0 unspecified atom stereocenters. The summed E-state index contributed by atoms with van der Waals surface area (Å²) >= 11 is 3.46. The number of benzene rings is 2. The smallest absolute Gasteiger partial charge is 0.138 e. The van der Waals surface area contributed by atoms with E-state index >= 15 is 0 Å². The minimum absolute atomic E-state index is 0.679. The summed E-state index contributed by atoms with van der Waals surface area (Å²) in [6, 6.07) is 14.0. The highest BCUT2D eigenvalue weighted by molar-refractivity contribution is 9.10. The molecule has 0 aliphatic carbocycles. The van der Waals surface area contributed by atoms with Crippen LogP contribution in [0.15, 0.2) is 46.9 Å². The van der Waals surface area contributed by atoms with Gasteiger partial charge in [-0.2, -0.15) is 0 Å². The van der Waals surface area contributed by atoms with Gasteiger partial charge in [-0.25, -0.2) is 4.98 Å². The van der Waals surface area contributed by atoms with Gasteiger partial charge in [0.05, 0.1) is 17.6 Å². The van der Waals surface area contributed by atoms with E-state index < -0.39 is 0 Å². The summed E-state index contributed by atoms with van der Waals surface area (Å²) in [4.78, 5) is 7.90. The van der Waals surface area contributed by atoms with Crippen LogP contribution in [0.1, 0.15) is 6.92 Å². The van der Waals surface area contributed by atoms with Gasteiger partial charge in [0.2, 0.25) is 0 Å². The average Bonchev–Trinajstić information content (AvgIpc) is 2.83. The summed E-state index contributed by atoms with van der Waals surface area (Å²) in [7, 11) is 0. The van der Waals surface area contributed by atoms with Gasteiger partial charge in [0.1, 0.15) is 11.6 Å². The van der Waals surface area contributed by atoms with Crippen LogP contribution in [0, 0.1) is 0 Å². The molecule has 0 atom stereocenters. The summed E-state index contributed by atoms with van der Waals surface area (Å²) in [5, 5.41) is 0. The van der Waals surface area contributed by atoms with Crippen molar-refractivity contribution in [2.75, 3.05) is 6.61 Å². The second-order valence-corrected chi connectivity index (χ2v) is 5.12. The number of hydrogen-bond acceptors (Lipinski definition) is 2. The topological polar surface area (TPSA) is 37.9 Å². The maximum Gasteiger partial charge on any atom is 0.138 e. The zero-order chi connectivity index (χ0) is 13.2. The van der Waals surface area contributed by atoms with Crippen molar-refractivity contribution in [1.29, 1.82) is 0 Å². The van der Waals surface area contributed by atoms with Gasteiger partial charge in [0.15, 0.2) is 0 Å². The Balaban J connectivity index is 1.99. The van der Waals surface area contributed by atoms with Gasteiger partial charge in [-0.1, -0.05) is 15.9 Å². The zero-order valence-electron chi connectivity index (χ0n) is 10.5. The number of nitrogens with zero attached hydrogens (tertiary/aromatic N) is 1. The van der Waals surface area contributed by atoms with Crippen LogP contribution in [-0.2, 0) is 0 Å². The third-order valence-electron chi connectivity index (χ3n) is 2.88. The highest BCUT2D eigenvalue weighted by Crippen LogP contribution is 2.24. The molecule has 0 radical (unpaired) electrons. The molecule has 4 heteroatoms. The molecule has 0 fully saturated rings. The number of imidazole rings is 1. The van der Waals surface area contributed by atoms with E-state index in [2.05, 4.69) is 25.9 Å². The number of aromatic amines is 1. The molecule has 3 nitrogen and oxygen atoms in total. The largest absolute Gasteiger partial charge is 0.494 e. The van der Waals surface area contributed by atoms with Crippen LogP contribution in [0.4, 0.5) is 0 Å². The fourth-order valence-electron chi connectivity index (χ4n) is 1.99. The summed E-state index contributed by atoms with van der Waals surface area (Å²) in [5.41, 5.74) is 3.04. The Morgan fingerprint density at radius 3 is 2.68 bits per heavy atom. The average molecular weight is 317 g/mol. The summed E-state index contributed by atoms with van der Waals surface area (Å²) in [5.74, 6) is 1.75. The lowest BCUT2D eigenvalue weighted by Crippen LogP contribution is -1.90. The standard InChI is InChI=1S/C15H13BrN2O/c1-2-19-12-6-3-10(4-7-12)15-17-13-8-5-11(16)9-14(13)18-15/h3-9H,2H2,1H3,(H,17,18). The van der Waals surface area contributed by atoms with Crippen LogP contribution in [-0.4, -0.2) is 16.6 Å². The predicted octanol–water partition coefficient (Wildman–Crippen LogP) is 4.39. The van der Waals surface area contributed by atoms with E-state index in [9.17, 15) is 0 Å². The zero-order valence-corrected chi connectivity index (χ0v) is 12.1. The molecule has 0 amide bonds. The number of fused-ring (bicyclic) bond motifs is 1. The molecule has 0 spiro atoms. The molecule has 2 aromatic carbocycles. The first-order valence-corrected chi connectivity index (χ1v) is 6.94. The number of aromatic nitrogens is 2. The number of H-pyrrole nitrogens is 1. The van der Waals surface area contributed by atoms with Crippen molar-refractivity contribution >= 4 is 27.0 Å². The summed E-state index contributed by atoms with van der Waals surface area (Å²) in [6.07, 6.45) is 0. The van der Waals surface area contributed by atoms with Gasteiger partial charge in [-0.05, 0) is 49.4 Å². The first-order chi connectivity index (χ1) is 9.26. The molecule has 96 valence electrons. The molecule has 0 aliphatic heterocycles. The Bertz CT molecular complexity index is 704. The number of nitrogens with one attached hydrogen (secondary N) is 1. The monoisotopic (exact) mass is 316 g/mol. The minimum atomic E-state index is 0.679. The van der Waals surface area contributed by atoms with Gasteiger partial charge in [-0.15, -0.1) is 0 Å². The maximum absolute atomic E-state index is 5.43. The van der Waals surface area contributed by atoms with Crippen molar-refractivity contribution in [3.8, 4) is 17.1 Å². The Hall–Kier alpha value is -1.81. The van der Waals surface area contributed by atoms with E-state index in [1.54, 1.807) is 0 Å². The van der Waals surface area contributed by atoms with Crippen molar-refractivity contribution in [2.45, 2.75) is 6.92 Å². The summed E-state index contributed by atoms with van der Waals surface area (Å²) in [6.45, 7) is 2.66. The van der Waals surface area contributed by atoms with Crippen LogP contribution >= 0.6 is 15.9 Å². The first kappa shape index (κ1) is 12.2. The fourth-order valence-corrected chi connectivity index (χ4v) is 2.36. The number of halogens is 1. The van der Waals surface area contributed by atoms with E-state index in [1.807, 2.05) is 49.4 Å². The number of hydrogen-bond donors (Lipinski definition) is 1. The predicted molar refractivity (Wildman–Crippen MR) is 80.4 cm³/mol. The van der Waals surface area contributed by atoms with Gasteiger partial charge < -0.3 is 9.72 Å². The van der Waals surface area contributed by atoms with Gasteiger partial charge >= 0.3 is 0 Å². The van der Waals surface area contributed by atoms with Gasteiger partial charge in [0, 0.05) is 10.0 Å². The molecule has 1 aromatic heterocycles. The van der Waals surface area contributed by atoms with Crippen LogP contribution in [0.25, 0.3) is 22.4 Å². The summed E-state index contributed by atoms with van der Waals surface area (Å²) < 4.78 is 6.48. The SMILES string of the molecule is CCOc1ccc(-c2nc3ccc(Br)cc3[nH]2)cc1. The first-order valence-electron chi connectivity index (χ1n) is 6.15. The van der Waals surface area contributed by atoms with Crippen molar-refractivity contribution < 1.29 is 4.74 Å². The molecular weight excluding hydrogens is 304 g/mol. The second-order valence-electron chi connectivity index (χ2n) is 4.20. The molecule has 19 heavy (non-hydrogen) atoms. The van der Waals surface area contributed by atoms with Crippen LogP contribution in [0.5, 0.6) is 5.75 Å². The number of rotatable bonds is 3. The Labute approximate surface area is 119 Å². The normalized spacial score (nSPS) is 10.8. The molecule has 1 heterocycles. The third kappa shape index (κ3) is 2.49. The molecule has 0 bridgehead atoms. The second kappa shape index (κ2) is 5.05. The lowest BCUT2D eigenvalue weighted by Gasteiger charge is -2.02. The molecule has 0 aliphatic rings. The van der Waals surface area contributed by atoms with Crippen molar-refractivity contribution in [3.05, 3.63) is 46.9 Å². The highest BCUT2D eigenvalue weighted by Gasteiger charge is 2.05. The highest BCUT2D eigenvalue weighted by atomic mass is 79.9. The van der Waals surface area contributed by atoms with Crippen molar-refractivity contribution in [3.63, 3.8) is 0 Å². The molecule has 3 aromatic rings. The number of ether oxygens (including phenoxy) is 1. The van der Waals surface area contributed by atoms with E-state index in [0.29, 0.717) is 6.61 Å². The Morgan fingerprint density at radius 1 is 1.16 bits per heavy atom. The Morgan fingerprint density at radius 2 is 1.95 bits per heavy atom. The molecular formula is C15H13BrN2O. The lowest BCUT2D eigenvalue weighted by atomic mass is 10.2. The van der Waals surface area contributed by atoms with E-state index in [4.69, 9.17) is 4.74 Å². The van der Waals surface area contributed by atoms with Crippen molar-refractivity contribution in [1.82, 2.24) is 9.97 Å². The van der Waals surface area contributed by atoms with Crippen LogP contribution in [0.2, 0.25) is 0 Å². The third-order valence-corrected chi connectivity index (χ3v) is 3.38. The van der Waals surface area contributed by atoms with Gasteiger partial charge in [-0.3, -0.25) is 0 Å². The lowest BCUT2D eigenvalue weighted by molar-refractivity contribution is 0.340. The molecule has 3 rings (SSSR count). The van der Waals surface area contributed by atoms with E-state index in [-0.39, 0.29) is 0 Å². The minimum Gasteiger partial charge on any atom is -0.494 e. The Kier molecular flexibility index (Phi) is 3.25. The maximum atomic E-state index is 5.43. The van der Waals surface area contributed by atoms with E-state index in [0.717, 1.165) is 32.6 Å². The molecule has 0 saturated heterocycles. The fraction of sp³-hybridized carbons (Fsp3) is 0.133. The van der Waals surface area contributed by atoms with Crippen LogP contribution in [0.3, 0.4) is 0 Å². The van der Waals surface area contributed by atoms with Crippen molar-refractivity contribution in [2.24, 2.45) is 0 Å². The van der Waals surface area contributed by atoms with E-state index in [1.165, 1.54) is 0 Å². The quantitative estimate of drug-likeness (QED) is 0.778. The molecule has 0 saturated carbocycles. The van der Waals surface area contributed by atoms with Crippen LogP contribution < -0.4 is 4.74 Å². The van der Waals surface area contributed by atoms with Gasteiger partial charge in [0.25, 0.3) is 0 Å².